The molecule has 2 aromatic heterocycles. The molecule has 0 bridgehead atoms. The number of rotatable bonds is 2. The zero-order chi connectivity index (χ0) is 10.8. The lowest BCUT2D eigenvalue weighted by Crippen LogP contribution is -1.98. The maximum absolute atomic E-state index is 12.9. The van der Waals surface area contributed by atoms with Gasteiger partial charge in [-0.1, -0.05) is 0 Å². The Labute approximate surface area is 90.3 Å². The van der Waals surface area contributed by atoms with Crippen LogP contribution in [-0.2, 0) is 0 Å². The van der Waals surface area contributed by atoms with Crippen molar-refractivity contribution in [1.82, 2.24) is 9.97 Å². The lowest BCUT2D eigenvalue weighted by Gasteiger charge is -2.07. The first-order valence-corrected chi connectivity index (χ1v) is 5.19. The summed E-state index contributed by atoms with van der Waals surface area (Å²) in [6.45, 7) is 1.85. The fourth-order valence-corrected chi connectivity index (χ4v) is 2.05. The van der Waals surface area contributed by atoms with Gasteiger partial charge in [0.1, 0.15) is 11.9 Å². The highest BCUT2D eigenvalue weighted by atomic mass is 32.1. The monoisotopic (exact) mass is 224 g/mol. The molecule has 0 radical (unpaired) electrons. The van der Waals surface area contributed by atoms with Crippen molar-refractivity contribution in [2.24, 2.45) is 0 Å². The zero-order valence-corrected chi connectivity index (χ0v) is 8.83. The molecule has 2 aromatic rings. The first kappa shape index (κ1) is 10.2. The van der Waals surface area contributed by atoms with Crippen molar-refractivity contribution in [3.8, 4) is 0 Å². The molecule has 0 aliphatic carbocycles. The number of nitrogens with zero attached hydrogens (tertiary/aromatic N) is 2. The first-order chi connectivity index (χ1) is 7.16. The average molecular weight is 224 g/mol. The molecular weight excluding hydrogens is 215 g/mol. The average Bonchev–Trinajstić information content (AvgIpc) is 2.64. The largest absolute Gasteiger partial charge is 0.383 e. The predicted octanol–water partition coefficient (Wildman–Crippen LogP) is 2.07. The number of thiazole rings is 1. The minimum Gasteiger partial charge on any atom is -0.383 e. The number of aliphatic hydroxyl groups excluding tert-OH is 1. The molecule has 3 nitrogen and oxygen atoms in total. The van der Waals surface area contributed by atoms with Crippen molar-refractivity contribution in [2.75, 3.05) is 0 Å². The van der Waals surface area contributed by atoms with Crippen LogP contribution >= 0.6 is 11.3 Å². The van der Waals surface area contributed by atoms with E-state index in [9.17, 15) is 9.50 Å². The van der Waals surface area contributed by atoms with E-state index in [1.54, 1.807) is 6.20 Å². The molecule has 0 amide bonds. The van der Waals surface area contributed by atoms with Crippen molar-refractivity contribution in [2.45, 2.75) is 13.0 Å². The van der Waals surface area contributed by atoms with E-state index in [4.69, 9.17) is 0 Å². The van der Waals surface area contributed by atoms with Crippen LogP contribution in [0.2, 0.25) is 0 Å². The van der Waals surface area contributed by atoms with Gasteiger partial charge in [-0.3, -0.25) is 4.98 Å². The minimum absolute atomic E-state index is 0.443. The smallest absolute Gasteiger partial charge is 0.141 e. The highest BCUT2D eigenvalue weighted by molar-refractivity contribution is 7.11. The maximum atomic E-state index is 12.9. The number of hydrogen-bond donors (Lipinski definition) is 1. The number of aliphatic hydroxyl groups is 1. The van der Waals surface area contributed by atoms with Gasteiger partial charge in [0.05, 0.1) is 16.1 Å². The molecule has 0 aliphatic rings. The van der Waals surface area contributed by atoms with Gasteiger partial charge in [-0.25, -0.2) is 9.37 Å². The van der Waals surface area contributed by atoms with E-state index in [0.29, 0.717) is 10.4 Å². The molecule has 1 atom stereocenters. The van der Waals surface area contributed by atoms with Crippen LogP contribution in [0.4, 0.5) is 4.39 Å². The van der Waals surface area contributed by atoms with Gasteiger partial charge in [0.25, 0.3) is 0 Å². The van der Waals surface area contributed by atoms with Crippen molar-refractivity contribution < 1.29 is 9.50 Å². The van der Waals surface area contributed by atoms with Gasteiger partial charge in [0.15, 0.2) is 0 Å². The highest BCUT2D eigenvalue weighted by Crippen LogP contribution is 2.26. The van der Waals surface area contributed by atoms with Gasteiger partial charge in [-0.2, -0.15) is 0 Å². The Morgan fingerprint density at radius 1 is 1.40 bits per heavy atom. The van der Waals surface area contributed by atoms with Gasteiger partial charge < -0.3 is 5.11 Å². The molecular formula is C10H9FN2OS. The summed E-state index contributed by atoms with van der Waals surface area (Å²) in [7, 11) is 0. The van der Waals surface area contributed by atoms with Gasteiger partial charge in [0.2, 0.25) is 0 Å². The Morgan fingerprint density at radius 3 is 2.80 bits per heavy atom. The molecule has 2 rings (SSSR count). The van der Waals surface area contributed by atoms with Crippen molar-refractivity contribution >= 4 is 11.3 Å². The summed E-state index contributed by atoms with van der Waals surface area (Å²) >= 11 is 1.39. The molecule has 0 spiro atoms. The number of pyridine rings is 1. The van der Waals surface area contributed by atoms with E-state index in [-0.39, 0.29) is 0 Å². The number of halogens is 1. The number of aromatic nitrogens is 2. The van der Waals surface area contributed by atoms with E-state index in [1.165, 1.54) is 23.6 Å². The summed E-state index contributed by atoms with van der Waals surface area (Å²) < 4.78 is 12.9. The fourth-order valence-electron chi connectivity index (χ4n) is 1.25. The second-order valence-corrected chi connectivity index (χ2v) is 4.39. The second-order valence-electron chi connectivity index (χ2n) is 3.12. The molecule has 0 aliphatic heterocycles. The van der Waals surface area contributed by atoms with E-state index >= 15 is 0 Å². The Balaban J connectivity index is 2.32. The standard InChI is InChI=1S/C10H9FN2OS/c1-6-13-5-9(15-6)10(14)7-2-8(11)4-12-3-7/h2-5,10,14H,1H3. The van der Waals surface area contributed by atoms with Crippen molar-refractivity contribution in [3.05, 3.63) is 45.9 Å². The van der Waals surface area contributed by atoms with Gasteiger partial charge in [0, 0.05) is 18.0 Å². The van der Waals surface area contributed by atoms with E-state index < -0.39 is 11.9 Å². The van der Waals surface area contributed by atoms with Crippen LogP contribution in [0.5, 0.6) is 0 Å². The summed E-state index contributed by atoms with van der Waals surface area (Å²) in [6.07, 6.45) is 3.30. The van der Waals surface area contributed by atoms with Crippen molar-refractivity contribution in [1.29, 1.82) is 0 Å². The molecule has 15 heavy (non-hydrogen) atoms. The summed E-state index contributed by atoms with van der Waals surface area (Å²) in [4.78, 5) is 8.41. The Bertz CT molecular complexity index is 472. The van der Waals surface area contributed by atoms with Crippen LogP contribution in [0.15, 0.2) is 24.7 Å². The van der Waals surface area contributed by atoms with Crippen LogP contribution in [-0.4, -0.2) is 15.1 Å². The Kier molecular flexibility index (Phi) is 2.75. The van der Waals surface area contributed by atoms with E-state index in [0.717, 1.165) is 11.2 Å². The summed E-state index contributed by atoms with van der Waals surface area (Å²) in [5.41, 5.74) is 0.443. The summed E-state index contributed by atoms with van der Waals surface area (Å²) in [5, 5.41) is 10.8. The normalized spacial score (nSPS) is 12.7. The first-order valence-electron chi connectivity index (χ1n) is 4.37. The van der Waals surface area contributed by atoms with Crippen LogP contribution in [0.3, 0.4) is 0 Å². The SMILES string of the molecule is Cc1ncc(C(O)c2cncc(F)c2)s1. The number of hydrogen-bond acceptors (Lipinski definition) is 4. The van der Waals surface area contributed by atoms with Crippen molar-refractivity contribution in [3.63, 3.8) is 0 Å². The Morgan fingerprint density at radius 2 is 2.20 bits per heavy atom. The number of aryl methyl sites for hydroxylation is 1. The molecule has 1 N–H and O–H groups in total. The van der Waals surface area contributed by atoms with E-state index in [2.05, 4.69) is 9.97 Å². The molecule has 0 fully saturated rings. The molecule has 0 saturated carbocycles. The van der Waals surface area contributed by atoms with Crippen LogP contribution < -0.4 is 0 Å². The van der Waals surface area contributed by atoms with Crippen LogP contribution in [0.25, 0.3) is 0 Å². The minimum atomic E-state index is -0.848. The lowest BCUT2D eigenvalue weighted by molar-refractivity contribution is 0.223. The summed E-state index contributed by atoms with van der Waals surface area (Å²) in [5.74, 6) is -0.451. The molecule has 1 unspecified atom stereocenters. The zero-order valence-electron chi connectivity index (χ0n) is 8.01. The molecule has 0 aromatic carbocycles. The molecule has 2 heterocycles. The fraction of sp³-hybridized carbons (Fsp3) is 0.200. The third kappa shape index (κ3) is 2.19. The topological polar surface area (TPSA) is 46.0 Å². The molecule has 5 heteroatoms. The third-order valence-electron chi connectivity index (χ3n) is 1.95. The molecule has 78 valence electrons. The van der Waals surface area contributed by atoms with Crippen LogP contribution in [0, 0.1) is 12.7 Å². The van der Waals surface area contributed by atoms with Gasteiger partial charge >= 0.3 is 0 Å². The van der Waals surface area contributed by atoms with Crippen LogP contribution in [0.1, 0.15) is 21.6 Å². The third-order valence-corrected chi connectivity index (χ3v) is 2.92. The Hall–Kier alpha value is -1.33. The van der Waals surface area contributed by atoms with Gasteiger partial charge in [-0.15, -0.1) is 11.3 Å². The molecule has 0 saturated heterocycles. The lowest BCUT2D eigenvalue weighted by atomic mass is 10.1. The quantitative estimate of drug-likeness (QED) is 0.849. The second kappa shape index (κ2) is 4.04. The van der Waals surface area contributed by atoms with Gasteiger partial charge in [-0.05, 0) is 13.0 Å². The summed E-state index contributed by atoms with van der Waals surface area (Å²) in [6, 6.07) is 1.27. The highest BCUT2D eigenvalue weighted by Gasteiger charge is 2.13. The predicted molar refractivity (Wildman–Crippen MR) is 55.1 cm³/mol. The maximum Gasteiger partial charge on any atom is 0.141 e. The van der Waals surface area contributed by atoms with E-state index in [1.807, 2.05) is 6.92 Å².